The first-order valence-corrected chi connectivity index (χ1v) is 2.10. The summed E-state index contributed by atoms with van der Waals surface area (Å²) in [4.78, 5) is 9.85. The first-order valence-electron chi connectivity index (χ1n) is 2.10. The quantitative estimate of drug-likeness (QED) is 0.314. The molecule has 0 saturated carbocycles. The second-order valence-corrected chi connectivity index (χ2v) is 1.31. The van der Waals surface area contributed by atoms with Crippen LogP contribution in [0.5, 0.6) is 0 Å². The number of hydrogen-bond acceptors (Lipinski definition) is 3. The third kappa shape index (κ3) is 5.19. The van der Waals surface area contributed by atoms with Crippen LogP contribution in [0.1, 0.15) is 0 Å². The van der Waals surface area contributed by atoms with Gasteiger partial charge in [0, 0.05) is 0 Å². The minimum Gasteiger partial charge on any atom is -0.377 e. The van der Waals surface area contributed by atoms with Gasteiger partial charge in [0.2, 0.25) is 0 Å². The highest BCUT2D eigenvalue weighted by Crippen LogP contribution is 1.62. The summed E-state index contributed by atoms with van der Waals surface area (Å²) in [6.45, 7) is -0.00463. The lowest BCUT2D eigenvalue weighted by Crippen LogP contribution is -2.39. The van der Waals surface area contributed by atoms with Crippen LogP contribution in [0.4, 0.5) is 4.79 Å². The van der Waals surface area contributed by atoms with Crippen molar-refractivity contribution in [2.75, 3.05) is 6.54 Å². The van der Waals surface area contributed by atoms with Gasteiger partial charge < -0.3 is 21.9 Å². The molecule has 5 nitrogen and oxygen atoms in total. The van der Waals surface area contributed by atoms with Crippen molar-refractivity contribution in [2.24, 2.45) is 11.5 Å². The van der Waals surface area contributed by atoms with Gasteiger partial charge in [-0.3, -0.25) is 0 Å². The topological polar surface area (TPSA) is 101 Å². The fourth-order valence-corrected chi connectivity index (χ4v) is 0.205. The van der Waals surface area contributed by atoms with E-state index in [0.29, 0.717) is 0 Å². The normalized spacial score (nSPS) is 12.8. The van der Waals surface area contributed by atoms with Crippen molar-refractivity contribution in [3.05, 3.63) is 0 Å². The lowest BCUT2D eigenvalue weighted by Gasteiger charge is -2.01. The molecule has 0 radical (unpaired) electrons. The Morgan fingerprint density at radius 1 is 1.88 bits per heavy atom. The number of carbonyl (C=O) groups excluding carboxylic acids is 1. The molecule has 0 spiro atoms. The minimum absolute atomic E-state index is 0.00463. The Morgan fingerprint density at radius 3 is 2.50 bits per heavy atom. The van der Waals surface area contributed by atoms with E-state index in [9.17, 15) is 4.79 Å². The molecule has 48 valence electrons. The van der Waals surface area contributed by atoms with Crippen molar-refractivity contribution in [3.63, 3.8) is 0 Å². The van der Waals surface area contributed by atoms with E-state index in [-0.39, 0.29) is 6.54 Å². The molecule has 0 aromatic rings. The van der Waals surface area contributed by atoms with Crippen molar-refractivity contribution in [1.29, 1.82) is 0 Å². The van der Waals surface area contributed by atoms with Crippen LogP contribution in [0, 0.1) is 0 Å². The Hall–Kier alpha value is -0.810. The number of aliphatic hydroxyl groups is 1. The monoisotopic (exact) mass is 119 g/mol. The van der Waals surface area contributed by atoms with Gasteiger partial charge in [-0.15, -0.1) is 0 Å². The third-order valence-corrected chi connectivity index (χ3v) is 0.485. The predicted molar refractivity (Wildman–Crippen MR) is 27.8 cm³/mol. The summed E-state index contributed by atoms with van der Waals surface area (Å²) in [5.41, 5.74) is 9.45. The fraction of sp³-hybridized carbons (Fsp3) is 0.667. The molecule has 1 atom stereocenters. The Labute approximate surface area is 46.7 Å². The van der Waals surface area contributed by atoms with Crippen LogP contribution in [0.25, 0.3) is 0 Å². The van der Waals surface area contributed by atoms with Gasteiger partial charge in [-0.2, -0.15) is 0 Å². The number of urea groups is 1. The molecule has 2 amide bonds. The van der Waals surface area contributed by atoms with E-state index in [0.717, 1.165) is 0 Å². The van der Waals surface area contributed by atoms with Crippen LogP contribution < -0.4 is 16.8 Å². The molecule has 0 rings (SSSR count). The molecule has 0 fully saturated rings. The SMILES string of the molecule is NC(=O)NCC(N)O. The number of hydrogen-bond donors (Lipinski definition) is 4. The molecule has 0 aromatic carbocycles. The van der Waals surface area contributed by atoms with Gasteiger partial charge in [0.15, 0.2) is 0 Å². The van der Waals surface area contributed by atoms with E-state index in [4.69, 9.17) is 10.8 Å². The highest BCUT2D eigenvalue weighted by Gasteiger charge is 1.94. The first kappa shape index (κ1) is 7.19. The van der Waals surface area contributed by atoms with Crippen LogP contribution in [-0.4, -0.2) is 23.9 Å². The summed E-state index contributed by atoms with van der Waals surface area (Å²) in [6, 6.07) is -0.686. The standard InChI is InChI=1S/C3H9N3O2/c4-2(7)1-6-3(5)8/h2,7H,1,4H2,(H3,5,6,8). The molecule has 0 aliphatic heterocycles. The molecule has 8 heavy (non-hydrogen) atoms. The van der Waals surface area contributed by atoms with Crippen molar-refractivity contribution in [1.82, 2.24) is 5.32 Å². The molecular weight excluding hydrogens is 110 g/mol. The average Bonchev–Trinajstić information content (AvgIpc) is 1.61. The lowest BCUT2D eigenvalue weighted by molar-refractivity contribution is 0.178. The summed E-state index contributed by atoms with van der Waals surface area (Å²) in [5, 5.41) is 10.4. The molecule has 5 heteroatoms. The van der Waals surface area contributed by atoms with Crippen molar-refractivity contribution in [2.45, 2.75) is 6.23 Å². The van der Waals surface area contributed by atoms with Crippen LogP contribution in [0.3, 0.4) is 0 Å². The number of aliphatic hydroxyl groups excluding tert-OH is 1. The zero-order chi connectivity index (χ0) is 6.57. The number of nitrogens with one attached hydrogen (secondary N) is 1. The Kier molecular flexibility index (Phi) is 2.90. The molecule has 0 saturated heterocycles. The highest BCUT2D eigenvalue weighted by molar-refractivity contribution is 5.71. The Bertz CT molecular complexity index is 82.6. The average molecular weight is 119 g/mol. The summed E-state index contributed by atoms with van der Waals surface area (Å²) in [7, 11) is 0. The second-order valence-electron chi connectivity index (χ2n) is 1.31. The number of primary amides is 1. The van der Waals surface area contributed by atoms with Gasteiger partial charge in [-0.05, 0) is 0 Å². The first-order chi connectivity index (χ1) is 3.63. The third-order valence-electron chi connectivity index (χ3n) is 0.485. The number of nitrogens with two attached hydrogens (primary N) is 2. The van der Waals surface area contributed by atoms with Crippen molar-refractivity contribution >= 4 is 6.03 Å². The molecule has 0 heterocycles. The fourth-order valence-electron chi connectivity index (χ4n) is 0.205. The van der Waals surface area contributed by atoms with Gasteiger partial charge in [-0.1, -0.05) is 0 Å². The summed E-state index contributed by atoms with van der Waals surface area (Å²) >= 11 is 0. The lowest BCUT2D eigenvalue weighted by atomic mass is 10.6. The van der Waals surface area contributed by atoms with Crippen LogP contribution in [-0.2, 0) is 0 Å². The summed E-state index contributed by atoms with van der Waals surface area (Å²) in [6.07, 6.45) is -1.03. The minimum atomic E-state index is -1.03. The number of rotatable bonds is 2. The molecule has 6 N–H and O–H groups in total. The summed E-state index contributed by atoms with van der Waals surface area (Å²) in [5.74, 6) is 0. The second kappa shape index (κ2) is 3.23. The maximum atomic E-state index is 9.85. The van der Waals surface area contributed by atoms with Crippen molar-refractivity contribution < 1.29 is 9.90 Å². The number of carbonyl (C=O) groups is 1. The summed E-state index contributed by atoms with van der Waals surface area (Å²) < 4.78 is 0. The maximum absolute atomic E-state index is 9.85. The molecule has 0 aliphatic carbocycles. The zero-order valence-electron chi connectivity index (χ0n) is 4.29. The predicted octanol–water partition coefficient (Wildman–Crippen LogP) is -2.07. The molecule has 0 bridgehead atoms. The maximum Gasteiger partial charge on any atom is 0.312 e. The van der Waals surface area contributed by atoms with Crippen LogP contribution in [0.2, 0.25) is 0 Å². The molecule has 0 aliphatic rings. The van der Waals surface area contributed by atoms with Gasteiger partial charge in [0.25, 0.3) is 0 Å². The molecular formula is C3H9N3O2. The van der Waals surface area contributed by atoms with Crippen LogP contribution in [0.15, 0.2) is 0 Å². The Morgan fingerprint density at radius 2 is 2.38 bits per heavy atom. The largest absolute Gasteiger partial charge is 0.377 e. The van der Waals surface area contributed by atoms with E-state index < -0.39 is 12.3 Å². The van der Waals surface area contributed by atoms with E-state index in [2.05, 4.69) is 11.1 Å². The zero-order valence-corrected chi connectivity index (χ0v) is 4.29. The van der Waals surface area contributed by atoms with E-state index in [1.165, 1.54) is 0 Å². The van der Waals surface area contributed by atoms with E-state index in [1.807, 2.05) is 0 Å². The van der Waals surface area contributed by atoms with Gasteiger partial charge in [0.05, 0.1) is 6.54 Å². The van der Waals surface area contributed by atoms with Gasteiger partial charge in [-0.25, -0.2) is 4.79 Å². The van der Waals surface area contributed by atoms with E-state index in [1.54, 1.807) is 0 Å². The van der Waals surface area contributed by atoms with E-state index >= 15 is 0 Å². The number of amides is 2. The van der Waals surface area contributed by atoms with Gasteiger partial charge in [0.1, 0.15) is 6.23 Å². The van der Waals surface area contributed by atoms with Crippen molar-refractivity contribution in [3.8, 4) is 0 Å². The smallest absolute Gasteiger partial charge is 0.312 e. The van der Waals surface area contributed by atoms with Gasteiger partial charge >= 0.3 is 6.03 Å². The van der Waals surface area contributed by atoms with Crippen LogP contribution >= 0.6 is 0 Å². The molecule has 0 aromatic heterocycles. The molecule has 1 unspecified atom stereocenters. The Balaban J connectivity index is 3.05. The highest BCUT2D eigenvalue weighted by atomic mass is 16.3.